The molecule has 0 amide bonds. The zero-order valence-electron chi connectivity index (χ0n) is 14.8. The van der Waals surface area contributed by atoms with E-state index in [1.807, 2.05) is 0 Å². The highest BCUT2D eigenvalue weighted by Crippen LogP contribution is 2.43. The molecular weight excluding hydrogens is 369 g/mol. The van der Waals surface area contributed by atoms with E-state index in [2.05, 4.69) is 16.4 Å². The molecule has 1 saturated carbocycles. The molecule has 0 aliphatic heterocycles. The summed E-state index contributed by atoms with van der Waals surface area (Å²) in [6.45, 7) is 0. The molecule has 0 atom stereocenters. The minimum absolute atomic E-state index is 0.187. The summed E-state index contributed by atoms with van der Waals surface area (Å²) in [7, 11) is 1.57. The number of para-hydroxylation sites is 1. The van der Waals surface area contributed by atoms with Crippen LogP contribution < -0.4 is 11.0 Å². The first-order valence-corrected chi connectivity index (χ1v) is 8.70. The number of rotatable bonds is 3. The topological polar surface area (TPSA) is 70.7 Å². The summed E-state index contributed by atoms with van der Waals surface area (Å²) in [5.74, 6) is 0.409. The Morgan fingerprint density at radius 3 is 2.57 bits per heavy atom. The molecule has 0 bridgehead atoms. The second-order valence-electron chi connectivity index (χ2n) is 6.69. The molecule has 1 heterocycles. The quantitative estimate of drug-likeness (QED) is 0.735. The zero-order valence-corrected chi connectivity index (χ0v) is 14.8. The van der Waals surface area contributed by atoms with Crippen LogP contribution in [0.15, 0.2) is 41.2 Å². The van der Waals surface area contributed by atoms with E-state index < -0.39 is 17.4 Å². The number of anilines is 1. The number of nitrogens with zero attached hydrogens (tertiary/aromatic N) is 3. The van der Waals surface area contributed by atoms with Gasteiger partial charge in [-0.1, -0.05) is 12.1 Å². The van der Waals surface area contributed by atoms with E-state index >= 15 is 0 Å². The van der Waals surface area contributed by atoms with Gasteiger partial charge in [-0.2, -0.15) is 23.4 Å². The number of halogens is 3. The number of benzene rings is 2. The Labute approximate surface area is 158 Å². The van der Waals surface area contributed by atoms with E-state index in [1.54, 1.807) is 19.2 Å². The van der Waals surface area contributed by atoms with Gasteiger partial charge < -0.3 is 5.32 Å². The van der Waals surface area contributed by atoms with Crippen molar-refractivity contribution in [2.75, 3.05) is 12.4 Å². The highest BCUT2D eigenvalue weighted by molar-refractivity contribution is 5.92. The molecule has 0 spiro atoms. The summed E-state index contributed by atoms with van der Waals surface area (Å²) in [5.41, 5.74) is -0.535. The van der Waals surface area contributed by atoms with Crippen molar-refractivity contribution in [1.82, 2.24) is 9.55 Å². The maximum atomic E-state index is 13.6. The first-order chi connectivity index (χ1) is 13.3. The largest absolute Gasteiger partial charge is 0.418 e. The van der Waals surface area contributed by atoms with Gasteiger partial charge >= 0.3 is 11.9 Å². The van der Waals surface area contributed by atoms with Crippen molar-refractivity contribution >= 4 is 16.7 Å². The van der Waals surface area contributed by atoms with Crippen molar-refractivity contribution in [2.24, 2.45) is 0 Å². The van der Waals surface area contributed by atoms with E-state index in [4.69, 9.17) is 0 Å². The van der Waals surface area contributed by atoms with Crippen molar-refractivity contribution in [3.63, 3.8) is 0 Å². The van der Waals surface area contributed by atoms with Crippen molar-refractivity contribution in [1.29, 1.82) is 5.26 Å². The van der Waals surface area contributed by atoms with Crippen LogP contribution in [-0.4, -0.2) is 16.6 Å². The second-order valence-corrected chi connectivity index (χ2v) is 6.69. The van der Waals surface area contributed by atoms with Crippen LogP contribution in [0.1, 0.15) is 35.4 Å². The third kappa shape index (κ3) is 2.89. The number of aromatic nitrogens is 2. The Morgan fingerprint density at radius 1 is 1.25 bits per heavy atom. The number of nitrogens with one attached hydrogen (secondary N) is 1. The smallest absolute Gasteiger partial charge is 0.372 e. The Morgan fingerprint density at radius 2 is 1.96 bits per heavy atom. The van der Waals surface area contributed by atoms with Gasteiger partial charge in [-0.3, -0.25) is 4.57 Å². The average molecular weight is 384 g/mol. The van der Waals surface area contributed by atoms with Crippen LogP contribution in [0.25, 0.3) is 16.6 Å². The van der Waals surface area contributed by atoms with Gasteiger partial charge in [0.25, 0.3) is 0 Å². The van der Waals surface area contributed by atoms with Crippen LogP contribution in [0.3, 0.4) is 0 Å². The third-order valence-corrected chi connectivity index (χ3v) is 4.89. The predicted molar refractivity (Wildman–Crippen MR) is 98.6 cm³/mol. The molecule has 1 N–H and O–H groups in total. The van der Waals surface area contributed by atoms with Crippen LogP contribution in [0, 0.1) is 11.3 Å². The molecule has 1 aromatic heterocycles. The van der Waals surface area contributed by atoms with Crippen LogP contribution in [0.2, 0.25) is 0 Å². The lowest BCUT2D eigenvalue weighted by molar-refractivity contribution is -0.137. The Bertz CT molecular complexity index is 1190. The average Bonchev–Trinajstić information content (AvgIpc) is 3.51. The Kier molecular flexibility index (Phi) is 4.11. The van der Waals surface area contributed by atoms with Gasteiger partial charge in [-0.15, -0.1) is 0 Å². The molecule has 1 aliphatic carbocycles. The molecule has 28 heavy (non-hydrogen) atoms. The first-order valence-electron chi connectivity index (χ1n) is 8.70. The van der Waals surface area contributed by atoms with Crippen molar-refractivity contribution in [2.45, 2.75) is 24.9 Å². The van der Waals surface area contributed by atoms with E-state index in [0.29, 0.717) is 16.5 Å². The van der Waals surface area contributed by atoms with Gasteiger partial charge in [0, 0.05) is 12.4 Å². The fourth-order valence-corrected chi connectivity index (χ4v) is 3.45. The molecule has 0 saturated heterocycles. The maximum Gasteiger partial charge on any atom is 0.418 e. The van der Waals surface area contributed by atoms with Crippen LogP contribution in [-0.2, 0) is 6.18 Å². The lowest BCUT2D eigenvalue weighted by Crippen LogP contribution is -2.25. The van der Waals surface area contributed by atoms with Crippen LogP contribution in [0.4, 0.5) is 19.0 Å². The predicted octanol–water partition coefficient (Wildman–Crippen LogP) is 4.20. The number of alkyl halides is 3. The van der Waals surface area contributed by atoms with E-state index in [-0.39, 0.29) is 17.4 Å². The third-order valence-electron chi connectivity index (χ3n) is 4.89. The Balaban J connectivity index is 2.14. The van der Waals surface area contributed by atoms with Gasteiger partial charge in [0.1, 0.15) is 5.82 Å². The summed E-state index contributed by atoms with van der Waals surface area (Å²) < 4.78 is 41.6. The summed E-state index contributed by atoms with van der Waals surface area (Å²) in [4.78, 5) is 16.6. The molecule has 1 aliphatic rings. The van der Waals surface area contributed by atoms with Gasteiger partial charge in [0.05, 0.1) is 28.4 Å². The lowest BCUT2D eigenvalue weighted by atomic mass is 10.0. The molecule has 142 valence electrons. The molecule has 1 fully saturated rings. The van der Waals surface area contributed by atoms with Crippen LogP contribution >= 0.6 is 0 Å². The summed E-state index contributed by atoms with van der Waals surface area (Å²) in [5, 5.41) is 12.7. The zero-order chi connectivity index (χ0) is 20.1. The van der Waals surface area contributed by atoms with Gasteiger partial charge in [-0.05, 0) is 48.6 Å². The minimum atomic E-state index is -4.63. The van der Waals surface area contributed by atoms with E-state index in [9.17, 15) is 23.2 Å². The molecule has 4 rings (SSSR count). The monoisotopic (exact) mass is 384 g/mol. The number of hydrogen-bond donors (Lipinski definition) is 1. The molecule has 0 radical (unpaired) electrons. The molecule has 0 unspecified atom stereocenters. The van der Waals surface area contributed by atoms with E-state index in [0.717, 1.165) is 29.0 Å². The number of fused-ring (bicyclic) bond motifs is 1. The standard InChI is InChI=1S/C20H15F3N4O/c1-25-18-14-8-12(10-24)13(11-6-7-11)9-17(14)27(19(28)26-18)16-5-3-2-4-15(16)20(21,22)23/h2-5,8-9,11H,6-7H2,1H3,(H,25,26,28). The first kappa shape index (κ1) is 18.0. The Hall–Kier alpha value is -3.34. The molecule has 5 nitrogen and oxygen atoms in total. The van der Waals surface area contributed by atoms with Gasteiger partial charge in [-0.25, -0.2) is 4.79 Å². The fourth-order valence-electron chi connectivity index (χ4n) is 3.45. The molecule has 2 aromatic carbocycles. The second kappa shape index (κ2) is 6.37. The highest BCUT2D eigenvalue weighted by Gasteiger charge is 2.35. The summed E-state index contributed by atoms with van der Waals surface area (Å²) in [6.07, 6.45) is -2.81. The van der Waals surface area contributed by atoms with Crippen molar-refractivity contribution in [3.8, 4) is 11.8 Å². The number of nitriles is 1. The number of hydrogen-bond acceptors (Lipinski definition) is 4. The summed E-state index contributed by atoms with van der Waals surface area (Å²) in [6, 6.07) is 10.3. The lowest BCUT2D eigenvalue weighted by Gasteiger charge is -2.18. The summed E-state index contributed by atoms with van der Waals surface area (Å²) >= 11 is 0. The van der Waals surface area contributed by atoms with Gasteiger partial charge in [0.15, 0.2) is 0 Å². The SMILES string of the molecule is CNc1nc(=O)n(-c2ccccc2C(F)(F)F)c2cc(C3CC3)c(C#N)cc12. The van der Waals surface area contributed by atoms with Crippen molar-refractivity contribution < 1.29 is 13.2 Å². The molecule has 3 aromatic rings. The maximum absolute atomic E-state index is 13.6. The molecule has 8 heteroatoms. The minimum Gasteiger partial charge on any atom is -0.372 e. The van der Waals surface area contributed by atoms with Crippen molar-refractivity contribution in [3.05, 3.63) is 63.6 Å². The normalized spacial score (nSPS) is 14.1. The fraction of sp³-hybridized carbons (Fsp3) is 0.250. The highest BCUT2D eigenvalue weighted by atomic mass is 19.4. The molecular formula is C20H15F3N4O. The van der Waals surface area contributed by atoms with E-state index in [1.165, 1.54) is 18.2 Å². The van der Waals surface area contributed by atoms with Gasteiger partial charge in [0.2, 0.25) is 0 Å². The van der Waals surface area contributed by atoms with Crippen LogP contribution in [0.5, 0.6) is 0 Å².